The van der Waals surface area contributed by atoms with Gasteiger partial charge in [-0.15, -0.1) is 0 Å². The predicted molar refractivity (Wildman–Crippen MR) is 66.9 cm³/mol. The zero-order valence-electron chi connectivity index (χ0n) is 8.87. The van der Waals surface area contributed by atoms with E-state index < -0.39 is 5.97 Å². The highest BCUT2D eigenvalue weighted by atomic mass is 79.9. The number of carboxylic acid groups (broad SMARTS) is 1. The van der Waals surface area contributed by atoms with E-state index in [4.69, 9.17) is 5.11 Å². The fourth-order valence-corrected chi connectivity index (χ4v) is 2.13. The Morgan fingerprint density at radius 1 is 1.50 bits per heavy atom. The average molecular weight is 284 g/mol. The first-order valence-electron chi connectivity index (χ1n) is 5.43. The SMILES string of the molecule is O=C(O)c1ccc(NCCC2CC2)c(Br)c1. The molecule has 0 aromatic heterocycles. The molecule has 1 saturated carbocycles. The largest absolute Gasteiger partial charge is 0.478 e. The van der Waals surface area contributed by atoms with Gasteiger partial charge in [0.1, 0.15) is 0 Å². The van der Waals surface area contributed by atoms with Crippen LogP contribution in [0, 0.1) is 5.92 Å². The molecule has 0 atom stereocenters. The van der Waals surface area contributed by atoms with Crippen LogP contribution in [0.4, 0.5) is 5.69 Å². The van der Waals surface area contributed by atoms with Crippen molar-refractivity contribution in [2.45, 2.75) is 19.3 Å². The Balaban J connectivity index is 1.95. The quantitative estimate of drug-likeness (QED) is 0.871. The lowest BCUT2D eigenvalue weighted by molar-refractivity contribution is 0.0697. The number of carbonyl (C=O) groups is 1. The van der Waals surface area contributed by atoms with Crippen molar-refractivity contribution in [1.82, 2.24) is 0 Å². The predicted octanol–water partition coefficient (Wildman–Crippen LogP) is 3.36. The summed E-state index contributed by atoms with van der Waals surface area (Å²) in [5.41, 5.74) is 1.27. The van der Waals surface area contributed by atoms with Gasteiger partial charge < -0.3 is 10.4 Å². The van der Waals surface area contributed by atoms with Crippen molar-refractivity contribution in [3.05, 3.63) is 28.2 Å². The van der Waals surface area contributed by atoms with Crippen molar-refractivity contribution >= 4 is 27.6 Å². The van der Waals surface area contributed by atoms with E-state index in [1.54, 1.807) is 18.2 Å². The summed E-state index contributed by atoms with van der Waals surface area (Å²) >= 11 is 3.37. The highest BCUT2D eigenvalue weighted by Crippen LogP contribution is 2.32. The van der Waals surface area contributed by atoms with E-state index in [0.717, 1.165) is 22.6 Å². The molecule has 1 aliphatic rings. The summed E-state index contributed by atoms with van der Waals surface area (Å²) < 4.78 is 0.809. The Morgan fingerprint density at radius 2 is 2.25 bits per heavy atom. The molecular formula is C12H14BrNO2. The second-order valence-electron chi connectivity index (χ2n) is 4.16. The van der Waals surface area contributed by atoms with Gasteiger partial charge in [0, 0.05) is 16.7 Å². The van der Waals surface area contributed by atoms with Crippen LogP contribution in [0.5, 0.6) is 0 Å². The molecule has 0 amide bonds. The molecule has 0 aliphatic heterocycles. The Bertz CT molecular complexity index is 402. The van der Waals surface area contributed by atoms with Crippen LogP contribution < -0.4 is 5.32 Å². The lowest BCUT2D eigenvalue weighted by Crippen LogP contribution is -2.04. The Kier molecular flexibility index (Phi) is 3.49. The topological polar surface area (TPSA) is 49.3 Å². The molecule has 0 heterocycles. The van der Waals surface area contributed by atoms with E-state index in [0.29, 0.717) is 5.56 Å². The van der Waals surface area contributed by atoms with Crippen LogP contribution in [0.3, 0.4) is 0 Å². The van der Waals surface area contributed by atoms with E-state index in [2.05, 4.69) is 21.2 Å². The fourth-order valence-electron chi connectivity index (χ4n) is 1.61. The summed E-state index contributed by atoms with van der Waals surface area (Å²) in [6.45, 7) is 0.954. The van der Waals surface area contributed by atoms with Crippen LogP contribution in [0.25, 0.3) is 0 Å². The minimum Gasteiger partial charge on any atom is -0.478 e. The monoisotopic (exact) mass is 283 g/mol. The molecule has 0 radical (unpaired) electrons. The van der Waals surface area contributed by atoms with Gasteiger partial charge in [-0.3, -0.25) is 0 Å². The summed E-state index contributed by atoms with van der Waals surface area (Å²) in [5.74, 6) is 0.00907. The third kappa shape index (κ3) is 2.98. The number of rotatable bonds is 5. The molecule has 1 aromatic rings. The summed E-state index contributed by atoms with van der Waals surface area (Å²) in [5, 5.41) is 12.1. The number of hydrogen-bond donors (Lipinski definition) is 2. The van der Waals surface area contributed by atoms with Gasteiger partial charge in [-0.2, -0.15) is 0 Å². The van der Waals surface area contributed by atoms with Crippen molar-refractivity contribution in [2.75, 3.05) is 11.9 Å². The van der Waals surface area contributed by atoms with Crippen molar-refractivity contribution in [1.29, 1.82) is 0 Å². The van der Waals surface area contributed by atoms with Gasteiger partial charge in [-0.25, -0.2) is 4.79 Å². The van der Waals surface area contributed by atoms with Crippen LogP contribution >= 0.6 is 15.9 Å². The molecule has 0 unspecified atom stereocenters. The van der Waals surface area contributed by atoms with Gasteiger partial charge in [-0.05, 0) is 46.5 Å². The van der Waals surface area contributed by atoms with Crippen LogP contribution in [-0.4, -0.2) is 17.6 Å². The van der Waals surface area contributed by atoms with E-state index in [1.165, 1.54) is 19.3 Å². The first-order chi connectivity index (χ1) is 7.66. The molecule has 0 saturated heterocycles. The maximum Gasteiger partial charge on any atom is 0.335 e. The average Bonchev–Trinajstić information content (AvgIpc) is 3.04. The number of carboxylic acids is 1. The van der Waals surface area contributed by atoms with Crippen molar-refractivity contribution in [2.24, 2.45) is 5.92 Å². The molecular weight excluding hydrogens is 270 g/mol. The summed E-state index contributed by atoms with van der Waals surface area (Å²) in [4.78, 5) is 10.7. The lowest BCUT2D eigenvalue weighted by atomic mass is 10.2. The van der Waals surface area contributed by atoms with Gasteiger partial charge in [0.05, 0.1) is 5.56 Å². The zero-order valence-corrected chi connectivity index (χ0v) is 10.5. The number of halogens is 1. The Hall–Kier alpha value is -1.03. The first-order valence-corrected chi connectivity index (χ1v) is 6.23. The molecule has 86 valence electrons. The summed E-state index contributed by atoms with van der Waals surface area (Å²) in [6, 6.07) is 5.05. The number of nitrogens with one attached hydrogen (secondary N) is 1. The first kappa shape index (κ1) is 11.5. The van der Waals surface area contributed by atoms with Gasteiger partial charge in [0.2, 0.25) is 0 Å². The van der Waals surface area contributed by atoms with Crippen molar-refractivity contribution in [3.8, 4) is 0 Å². The lowest BCUT2D eigenvalue weighted by Gasteiger charge is -2.08. The van der Waals surface area contributed by atoms with Gasteiger partial charge in [0.15, 0.2) is 0 Å². The molecule has 1 fully saturated rings. The molecule has 2 rings (SSSR count). The standard InChI is InChI=1S/C12H14BrNO2/c13-10-7-9(12(15)16)3-4-11(10)14-6-5-8-1-2-8/h3-4,7-8,14H,1-2,5-6H2,(H,15,16). The minimum absolute atomic E-state index is 0.305. The minimum atomic E-state index is -0.898. The Labute approximate surface area is 103 Å². The molecule has 3 nitrogen and oxygen atoms in total. The maximum atomic E-state index is 10.7. The van der Waals surface area contributed by atoms with Gasteiger partial charge >= 0.3 is 5.97 Å². The molecule has 0 bridgehead atoms. The number of anilines is 1. The maximum absolute atomic E-state index is 10.7. The van der Waals surface area contributed by atoms with Gasteiger partial charge in [-0.1, -0.05) is 12.8 Å². The molecule has 1 aromatic carbocycles. The van der Waals surface area contributed by atoms with Crippen molar-refractivity contribution in [3.63, 3.8) is 0 Å². The van der Waals surface area contributed by atoms with Crippen LogP contribution in [-0.2, 0) is 0 Å². The van der Waals surface area contributed by atoms with Crippen LogP contribution in [0.15, 0.2) is 22.7 Å². The van der Waals surface area contributed by atoms with Crippen molar-refractivity contribution < 1.29 is 9.90 Å². The number of aromatic carboxylic acids is 1. The number of benzene rings is 1. The Morgan fingerprint density at radius 3 is 2.81 bits per heavy atom. The molecule has 16 heavy (non-hydrogen) atoms. The molecule has 0 spiro atoms. The second kappa shape index (κ2) is 4.87. The third-order valence-electron chi connectivity index (χ3n) is 2.78. The number of hydrogen-bond acceptors (Lipinski definition) is 2. The highest BCUT2D eigenvalue weighted by Gasteiger charge is 2.20. The smallest absolute Gasteiger partial charge is 0.335 e. The second-order valence-corrected chi connectivity index (χ2v) is 5.01. The van der Waals surface area contributed by atoms with E-state index in [-0.39, 0.29) is 0 Å². The van der Waals surface area contributed by atoms with Crippen LogP contribution in [0.1, 0.15) is 29.6 Å². The zero-order chi connectivity index (χ0) is 11.5. The van der Waals surface area contributed by atoms with E-state index in [1.807, 2.05) is 0 Å². The normalized spacial score (nSPS) is 14.8. The van der Waals surface area contributed by atoms with Crippen LogP contribution in [0.2, 0.25) is 0 Å². The molecule has 1 aliphatic carbocycles. The third-order valence-corrected chi connectivity index (χ3v) is 3.44. The van der Waals surface area contributed by atoms with E-state index >= 15 is 0 Å². The summed E-state index contributed by atoms with van der Waals surface area (Å²) in [6.07, 6.45) is 3.93. The van der Waals surface area contributed by atoms with Gasteiger partial charge in [0.25, 0.3) is 0 Å². The highest BCUT2D eigenvalue weighted by molar-refractivity contribution is 9.10. The molecule has 2 N–H and O–H groups in total. The fraction of sp³-hybridized carbons (Fsp3) is 0.417. The summed E-state index contributed by atoms with van der Waals surface area (Å²) in [7, 11) is 0. The molecule has 4 heteroatoms. The van der Waals surface area contributed by atoms with E-state index in [9.17, 15) is 4.79 Å².